The predicted molar refractivity (Wildman–Crippen MR) is 47.2 cm³/mol. The number of hydrogen-bond acceptors (Lipinski definition) is 1. The van der Waals surface area contributed by atoms with E-state index in [9.17, 15) is 0 Å². The lowest BCUT2D eigenvalue weighted by atomic mass is 10.1. The Labute approximate surface area is 65.5 Å². The van der Waals surface area contributed by atoms with Gasteiger partial charge in [0, 0.05) is 0 Å². The Morgan fingerprint density at radius 2 is 1.70 bits per heavy atom. The molecule has 0 saturated carbocycles. The highest BCUT2D eigenvalue weighted by Gasteiger charge is 1.92. The zero-order valence-corrected chi connectivity index (χ0v) is 7.85. The lowest BCUT2D eigenvalue weighted by Crippen LogP contribution is -1.97. The molecule has 1 N–H and O–H groups in total. The predicted octanol–water partition coefficient (Wildman–Crippen LogP) is 2.97. The molecule has 1 nitrogen and oxygen atoms in total. The Hall–Kier alpha value is -0.0400. The van der Waals surface area contributed by atoms with E-state index in [1.54, 1.807) is 0 Å². The topological polar surface area (TPSA) is 20.2 Å². The van der Waals surface area contributed by atoms with Crippen molar-refractivity contribution in [3.8, 4) is 0 Å². The van der Waals surface area contributed by atoms with E-state index in [-0.39, 0.29) is 6.10 Å². The van der Waals surface area contributed by atoms with Gasteiger partial charge in [-0.3, -0.25) is 0 Å². The summed E-state index contributed by atoms with van der Waals surface area (Å²) in [6.45, 7) is 8.01. The van der Waals surface area contributed by atoms with E-state index in [2.05, 4.69) is 6.92 Å². The molecule has 0 fully saturated rings. The molecule has 64 valence electrons. The highest BCUT2D eigenvalue weighted by Crippen LogP contribution is 2.01. The Balaban J connectivity index is 0. The van der Waals surface area contributed by atoms with Crippen LogP contribution in [0, 0.1) is 0 Å². The van der Waals surface area contributed by atoms with Gasteiger partial charge in [-0.05, 0) is 13.3 Å². The third kappa shape index (κ3) is 15.7. The van der Waals surface area contributed by atoms with Crippen molar-refractivity contribution < 1.29 is 5.11 Å². The minimum atomic E-state index is -0.0958. The van der Waals surface area contributed by atoms with Gasteiger partial charge in [0.15, 0.2) is 0 Å². The number of unbranched alkanes of at least 4 members (excludes halogenated alkanes) is 2. The van der Waals surface area contributed by atoms with Crippen LogP contribution in [0.5, 0.6) is 0 Å². The average Bonchev–Trinajstić information content (AvgIpc) is 1.92. The Bertz CT molecular complexity index is 42.0. The van der Waals surface area contributed by atoms with Gasteiger partial charge in [-0.25, -0.2) is 0 Å². The molecule has 0 bridgehead atoms. The van der Waals surface area contributed by atoms with E-state index in [4.69, 9.17) is 5.11 Å². The average molecular weight is 146 g/mol. The van der Waals surface area contributed by atoms with Crippen molar-refractivity contribution >= 4 is 0 Å². The van der Waals surface area contributed by atoms with Crippen molar-refractivity contribution in [2.45, 2.75) is 59.5 Å². The van der Waals surface area contributed by atoms with Crippen molar-refractivity contribution in [2.75, 3.05) is 0 Å². The number of hydrogen-bond donors (Lipinski definition) is 1. The summed E-state index contributed by atoms with van der Waals surface area (Å²) in [5.41, 5.74) is 0. The van der Waals surface area contributed by atoms with Crippen molar-refractivity contribution in [1.29, 1.82) is 0 Å². The lowest BCUT2D eigenvalue weighted by molar-refractivity contribution is 0.180. The molecule has 0 saturated heterocycles. The second kappa shape index (κ2) is 11.7. The largest absolute Gasteiger partial charge is 0.393 e. The van der Waals surface area contributed by atoms with E-state index in [1.165, 1.54) is 19.3 Å². The van der Waals surface area contributed by atoms with Crippen LogP contribution in [0.3, 0.4) is 0 Å². The monoisotopic (exact) mass is 146 g/mol. The van der Waals surface area contributed by atoms with Crippen molar-refractivity contribution in [3.63, 3.8) is 0 Å². The van der Waals surface area contributed by atoms with Crippen LogP contribution < -0.4 is 0 Å². The zero-order valence-electron chi connectivity index (χ0n) is 7.85. The normalized spacial score (nSPS) is 11.7. The fraction of sp³-hybridized carbons (Fsp3) is 1.00. The van der Waals surface area contributed by atoms with Crippen LogP contribution >= 0.6 is 0 Å². The van der Waals surface area contributed by atoms with Crippen LogP contribution in [0.15, 0.2) is 0 Å². The molecule has 1 unspecified atom stereocenters. The fourth-order valence-corrected chi connectivity index (χ4v) is 0.690. The van der Waals surface area contributed by atoms with Crippen LogP contribution in [0.4, 0.5) is 0 Å². The molecular formula is C9H22O. The van der Waals surface area contributed by atoms with E-state index in [1.807, 2.05) is 20.8 Å². The summed E-state index contributed by atoms with van der Waals surface area (Å²) in [6.07, 6.45) is 4.54. The van der Waals surface area contributed by atoms with E-state index in [0.717, 1.165) is 6.42 Å². The van der Waals surface area contributed by atoms with E-state index < -0.39 is 0 Å². The van der Waals surface area contributed by atoms with Gasteiger partial charge in [-0.2, -0.15) is 0 Å². The van der Waals surface area contributed by atoms with Gasteiger partial charge in [-0.1, -0.05) is 40.0 Å². The number of aliphatic hydroxyl groups is 1. The molecule has 1 atom stereocenters. The molecule has 0 aromatic carbocycles. The highest BCUT2D eigenvalue weighted by molar-refractivity contribution is 4.45. The molecule has 0 radical (unpaired) electrons. The Morgan fingerprint density at radius 3 is 2.00 bits per heavy atom. The van der Waals surface area contributed by atoms with Crippen molar-refractivity contribution in [1.82, 2.24) is 0 Å². The Kier molecular flexibility index (Phi) is 14.8. The summed E-state index contributed by atoms with van der Waals surface area (Å²) in [4.78, 5) is 0. The SMILES string of the molecule is CC.CCCCCC(C)O. The first-order valence-electron chi connectivity index (χ1n) is 4.45. The first-order valence-corrected chi connectivity index (χ1v) is 4.45. The first kappa shape index (κ1) is 12.6. The van der Waals surface area contributed by atoms with Crippen molar-refractivity contribution in [2.24, 2.45) is 0 Å². The minimum Gasteiger partial charge on any atom is -0.393 e. The summed E-state index contributed by atoms with van der Waals surface area (Å²) in [5.74, 6) is 0. The first-order chi connectivity index (χ1) is 4.77. The maximum absolute atomic E-state index is 8.78. The molecule has 0 aliphatic heterocycles. The lowest BCUT2D eigenvalue weighted by Gasteiger charge is -2.00. The number of aliphatic hydroxyl groups excluding tert-OH is 1. The smallest absolute Gasteiger partial charge is 0.0512 e. The summed E-state index contributed by atoms with van der Waals surface area (Å²) < 4.78 is 0. The highest BCUT2D eigenvalue weighted by atomic mass is 16.3. The summed E-state index contributed by atoms with van der Waals surface area (Å²) in [7, 11) is 0. The van der Waals surface area contributed by atoms with Gasteiger partial charge >= 0.3 is 0 Å². The quantitative estimate of drug-likeness (QED) is 0.604. The molecule has 0 aromatic heterocycles. The van der Waals surface area contributed by atoms with Gasteiger partial charge in [0.05, 0.1) is 6.10 Å². The van der Waals surface area contributed by atoms with Gasteiger partial charge < -0.3 is 5.11 Å². The molecule has 0 aromatic rings. The zero-order chi connectivity index (χ0) is 8.41. The maximum atomic E-state index is 8.78. The van der Waals surface area contributed by atoms with E-state index in [0.29, 0.717) is 0 Å². The van der Waals surface area contributed by atoms with Gasteiger partial charge in [0.25, 0.3) is 0 Å². The molecular weight excluding hydrogens is 124 g/mol. The third-order valence-electron chi connectivity index (χ3n) is 1.23. The van der Waals surface area contributed by atoms with Crippen molar-refractivity contribution in [3.05, 3.63) is 0 Å². The second-order valence-corrected chi connectivity index (χ2v) is 2.34. The minimum absolute atomic E-state index is 0.0958. The van der Waals surface area contributed by atoms with Crippen LogP contribution in [0.2, 0.25) is 0 Å². The van der Waals surface area contributed by atoms with Gasteiger partial charge in [0.2, 0.25) is 0 Å². The molecule has 10 heavy (non-hydrogen) atoms. The van der Waals surface area contributed by atoms with Crippen LogP contribution in [0.25, 0.3) is 0 Å². The molecule has 0 spiro atoms. The summed E-state index contributed by atoms with van der Waals surface area (Å²) in [6, 6.07) is 0. The molecule has 0 aliphatic carbocycles. The van der Waals surface area contributed by atoms with Crippen LogP contribution in [0.1, 0.15) is 53.4 Å². The number of rotatable bonds is 4. The molecule has 0 rings (SSSR count). The molecule has 0 heterocycles. The summed E-state index contributed by atoms with van der Waals surface area (Å²) in [5, 5.41) is 8.78. The maximum Gasteiger partial charge on any atom is 0.0512 e. The van der Waals surface area contributed by atoms with E-state index >= 15 is 0 Å². The molecule has 0 amide bonds. The fourth-order valence-electron chi connectivity index (χ4n) is 0.690. The van der Waals surface area contributed by atoms with Crippen LogP contribution in [-0.2, 0) is 0 Å². The second-order valence-electron chi connectivity index (χ2n) is 2.34. The van der Waals surface area contributed by atoms with Crippen LogP contribution in [-0.4, -0.2) is 11.2 Å². The third-order valence-corrected chi connectivity index (χ3v) is 1.23. The molecule has 1 heteroatoms. The van der Waals surface area contributed by atoms with Gasteiger partial charge in [0.1, 0.15) is 0 Å². The Morgan fingerprint density at radius 1 is 1.20 bits per heavy atom. The summed E-state index contributed by atoms with van der Waals surface area (Å²) >= 11 is 0. The molecule has 0 aliphatic rings. The van der Waals surface area contributed by atoms with Gasteiger partial charge in [-0.15, -0.1) is 0 Å². The standard InChI is InChI=1S/C7H16O.C2H6/c1-3-4-5-6-7(2)8;1-2/h7-8H,3-6H2,1-2H3;1-2H3.